The summed E-state index contributed by atoms with van der Waals surface area (Å²) in [5.41, 5.74) is 2.43. The van der Waals surface area contributed by atoms with Gasteiger partial charge in [0.2, 0.25) is 0 Å². The molecule has 20 heavy (non-hydrogen) atoms. The summed E-state index contributed by atoms with van der Waals surface area (Å²) < 4.78 is 19.7. The van der Waals surface area contributed by atoms with Gasteiger partial charge in [0.1, 0.15) is 11.4 Å². The standard InChI is InChI=1S/C17H16FNO/c1-2-19-17(13-8-3-5-9-15(13)18)14-11-20-16-10-6-4-7-12(14)16/h3-11,17,19H,2H2,1H3. The van der Waals surface area contributed by atoms with E-state index >= 15 is 0 Å². The first kappa shape index (κ1) is 12.9. The largest absolute Gasteiger partial charge is 0.464 e. The molecular weight excluding hydrogens is 253 g/mol. The first-order valence-electron chi connectivity index (χ1n) is 6.75. The molecule has 2 nitrogen and oxygen atoms in total. The zero-order valence-corrected chi connectivity index (χ0v) is 11.3. The van der Waals surface area contributed by atoms with Crippen LogP contribution in [0, 0.1) is 5.82 Å². The van der Waals surface area contributed by atoms with Crippen LogP contribution in [0.3, 0.4) is 0 Å². The van der Waals surface area contributed by atoms with E-state index in [0.29, 0.717) is 5.56 Å². The van der Waals surface area contributed by atoms with Gasteiger partial charge in [0.15, 0.2) is 0 Å². The van der Waals surface area contributed by atoms with Crippen LogP contribution in [0.15, 0.2) is 59.2 Å². The molecule has 0 aliphatic carbocycles. The highest BCUT2D eigenvalue weighted by Gasteiger charge is 2.20. The molecule has 3 heteroatoms. The minimum Gasteiger partial charge on any atom is -0.464 e. The van der Waals surface area contributed by atoms with Crippen molar-refractivity contribution in [2.24, 2.45) is 0 Å². The van der Waals surface area contributed by atoms with Crippen LogP contribution in [0.2, 0.25) is 0 Å². The van der Waals surface area contributed by atoms with Crippen LogP contribution in [0.1, 0.15) is 24.1 Å². The van der Waals surface area contributed by atoms with Crippen molar-refractivity contribution in [2.45, 2.75) is 13.0 Å². The number of hydrogen-bond acceptors (Lipinski definition) is 2. The average Bonchev–Trinajstić information content (AvgIpc) is 2.90. The lowest BCUT2D eigenvalue weighted by molar-refractivity contribution is 0.549. The van der Waals surface area contributed by atoms with Gasteiger partial charge < -0.3 is 9.73 Å². The van der Waals surface area contributed by atoms with Gasteiger partial charge in [-0.25, -0.2) is 4.39 Å². The summed E-state index contributed by atoms with van der Waals surface area (Å²) in [6.07, 6.45) is 1.71. The topological polar surface area (TPSA) is 25.2 Å². The Kier molecular flexibility index (Phi) is 3.52. The molecule has 102 valence electrons. The fraction of sp³-hybridized carbons (Fsp3) is 0.176. The van der Waals surface area contributed by atoms with Crippen molar-refractivity contribution < 1.29 is 8.81 Å². The molecule has 0 aliphatic heterocycles. The number of hydrogen-bond donors (Lipinski definition) is 1. The van der Waals surface area contributed by atoms with Crippen LogP contribution >= 0.6 is 0 Å². The molecule has 1 N–H and O–H groups in total. The van der Waals surface area contributed by atoms with E-state index in [9.17, 15) is 4.39 Å². The van der Waals surface area contributed by atoms with Crippen molar-refractivity contribution in [3.63, 3.8) is 0 Å². The van der Waals surface area contributed by atoms with E-state index < -0.39 is 0 Å². The molecule has 1 unspecified atom stereocenters. The highest BCUT2D eigenvalue weighted by Crippen LogP contribution is 2.31. The molecule has 0 saturated heterocycles. The molecule has 1 atom stereocenters. The molecule has 0 radical (unpaired) electrons. The molecule has 3 rings (SSSR count). The molecule has 2 aromatic carbocycles. The second-order valence-corrected chi connectivity index (χ2v) is 4.70. The van der Waals surface area contributed by atoms with Crippen molar-refractivity contribution in [2.75, 3.05) is 6.54 Å². The molecule has 0 bridgehead atoms. The number of furan rings is 1. The summed E-state index contributed by atoms with van der Waals surface area (Å²) in [4.78, 5) is 0. The van der Waals surface area contributed by atoms with Crippen molar-refractivity contribution in [1.82, 2.24) is 5.32 Å². The number of halogens is 1. The van der Waals surface area contributed by atoms with Crippen molar-refractivity contribution in [3.05, 3.63) is 71.7 Å². The summed E-state index contributed by atoms with van der Waals surface area (Å²) in [6, 6.07) is 14.5. The predicted octanol–water partition coefficient (Wildman–Crippen LogP) is 4.27. The molecule has 0 fully saturated rings. The maximum absolute atomic E-state index is 14.1. The lowest BCUT2D eigenvalue weighted by Gasteiger charge is -2.18. The van der Waals surface area contributed by atoms with Gasteiger partial charge in [0.05, 0.1) is 12.3 Å². The fourth-order valence-electron chi connectivity index (χ4n) is 2.52. The van der Waals surface area contributed by atoms with Crippen LogP contribution in [0.5, 0.6) is 0 Å². The Morgan fingerprint density at radius 3 is 2.60 bits per heavy atom. The molecule has 0 spiro atoms. The van der Waals surface area contributed by atoms with E-state index in [1.54, 1.807) is 12.3 Å². The average molecular weight is 269 g/mol. The normalized spacial score (nSPS) is 12.7. The zero-order chi connectivity index (χ0) is 13.9. The van der Waals surface area contributed by atoms with Gasteiger partial charge in [-0.3, -0.25) is 0 Å². The third kappa shape index (κ3) is 2.21. The van der Waals surface area contributed by atoms with Gasteiger partial charge >= 0.3 is 0 Å². The third-order valence-corrected chi connectivity index (χ3v) is 3.45. The van der Waals surface area contributed by atoms with Crippen molar-refractivity contribution in [3.8, 4) is 0 Å². The molecule has 0 amide bonds. The number of para-hydroxylation sites is 1. The zero-order valence-electron chi connectivity index (χ0n) is 11.3. The summed E-state index contributed by atoms with van der Waals surface area (Å²) in [5, 5.41) is 4.35. The van der Waals surface area contributed by atoms with Crippen LogP contribution in [-0.2, 0) is 0 Å². The maximum Gasteiger partial charge on any atom is 0.134 e. The Balaban J connectivity index is 2.14. The van der Waals surface area contributed by atoms with E-state index in [0.717, 1.165) is 23.1 Å². The Hall–Kier alpha value is -2.13. The Morgan fingerprint density at radius 2 is 1.80 bits per heavy atom. The molecule has 3 aromatic rings. The minimum absolute atomic E-state index is 0.204. The predicted molar refractivity (Wildman–Crippen MR) is 78.1 cm³/mol. The second kappa shape index (κ2) is 5.47. The van der Waals surface area contributed by atoms with Crippen LogP contribution in [0.4, 0.5) is 4.39 Å². The smallest absolute Gasteiger partial charge is 0.134 e. The summed E-state index contributed by atoms with van der Waals surface area (Å²) >= 11 is 0. The number of fused-ring (bicyclic) bond motifs is 1. The Bertz CT molecular complexity index is 720. The van der Waals surface area contributed by atoms with Crippen LogP contribution < -0.4 is 5.32 Å². The number of nitrogens with one attached hydrogen (secondary N) is 1. The Labute approximate surface area is 117 Å². The van der Waals surface area contributed by atoms with E-state index in [1.165, 1.54) is 6.07 Å². The van der Waals surface area contributed by atoms with Gasteiger partial charge in [0, 0.05) is 16.5 Å². The highest BCUT2D eigenvalue weighted by atomic mass is 19.1. The second-order valence-electron chi connectivity index (χ2n) is 4.70. The van der Waals surface area contributed by atoms with Gasteiger partial charge in [-0.15, -0.1) is 0 Å². The first-order valence-corrected chi connectivity index (χ1v) is 6.75. The van der Waals surface area contributed by atoms with Crippen molar-refractivity contribution in [1.29, 1.82) is 0 Å². The minimum atomic E-state index is -0.205. The third-order valence-electron chi connectivity index (χ3n) is 3.45. The van der Waals surface area contributed by atoms with Gasteiger partial charge in [-0.1, -0.05) is 43.3 Å². The van der Waals surface area contributed by atoms with Gasteiger partial charge in [0.25, 0.3) is 0 Å². The van der Waals surface area contributed by atoms with Crippen molar-refractivity contribution >= 4 is 11.0 Å². The molecule has 1 heterocycles. The quantitative estimate of drug-likeness (QED) is 0.765. The SMILES string of the molecule is CCNC(c1ccccc1F)c1coc2ccccc12. The summed E-state index contributed by atoms with van der Waals surface area (Å²) in [5.74, 6) is -0.205. The fourth-order valence-corrected chi connectivity index (χ4v) is 2.52. The van der Waals surface area contributed by atoms with E-state index in [4.69, 9.17) is 4.42 Å². The van der Waals surface area contributed by atoms with E-state index in [-0.39, 0.29) is 11.9 Å². The molecular formula is C17H16FNO. The maximum atomic E-state index is 14.1. The van der Waals surface area contributed by atoms with Gasteiger partial charge in [-0.05, 0) is 18.7 Å². The number of benzene rings is 2. The van der Waals surface area contributed by atoms with E-state index in [1.807, 2.05) is 43.3 Å². The molecule has 0 saturated carbocycles. The molecule has 1 aromatic heterocycles. The van der Waals surface area contributed by atoms with E-state index in [2.05, 4.69) is 5.32 Å². The first-order chi connectivity index (χ1) is 9.81. The summed E-state index contributed by atoms with van der Waals surface area (Å²) in [6.45, 7) is 2.76. The number of rotatable bonds is 4. The molecule has 0 aliphatic rings. The van der Waals surface area contributed by atoms with Crippen LogP contribution in [0.25, 0.3) is 11.0 Å². The monoisotopic (exact) mass is 269 g/mol. The summed E-state index contributed by atoms with van der Waals surface area (Å²) in [7, 11) is 0. The van der Waals surface area contributed by atoms with Crippen LogP contribution in [-0.4, -0.2) is 6.54 Å². The Morgan fingerprint density at radius 1 is 1.05 bits per heavy atom. The van der Waals surface area contributed by atoms with Gasteiger partial charge in [-0.2, -0.15) is 0 Å². The highest BCUT2D eigenvalue weighted by molar-refractivity contribution is 5.81. The lowest BCUT2D eigenvalue weighted by atomic mass is 9.97. The lowest BCUT2D eigenvalue weighted by Crippen LogP contribution is -2.22.